The SMILES string of the molecule is CC/C=C\C/C=C\C/C=C\C/C=C\C/C=C\CCCCCCCC(=O)OC1C(OCC(NC(=O)C(O)CCCCCCCC/C=C\CCCCCC)C(O)/C=C/CCCCCCCCCCCC)OC(CO)C(O)C1O. The Bertz CT molecular complexity index is 1560. The summed E-state index contributed by atoms with van der Waals surface area (Å²) < 4.78 is 17.6. The molecule has 8 atom stereocenters. The molecule has 0 radical (unpaired) electrons. The van der Waals surface area contributed by atoms with E-state index in [9.17, 15) is 35.1 Å². The van der Waals surface area contributed by atoms with Gasteiger partial charge in [-0.05, 0) is 96.3 Å². The minimum atomic E-state index is -1.63. The van der Waals surface area contributed by atoms with Gasteiger partial charge >= 0.3 is 5.97 Å². The van der Waals surface area contributed by atoms with Gasteiger partial charge in [0.1, 0.15) is 24.4 Å². The van der Waals surface area contributed by atoms with Crippen molar-refractivity contribution in [2.24, 2.45) is 0 Å². The van der Waals surface area contributed by atoms with E-state index in [0.717, 1.165) is 116 Å². The van der Waals surface area contributed by atoms with Gasteiger partial charge < -0.3 is 45.1 Å². The van der Waals surface area contributed by atoms with Crippen LogP contribution >= 0.6 is 0 Å². The van der Waals surface area contributed by atoms with Gasteiger partial charge in [0.05, 0.1) is 25.4 Å². The summed E-state index contributed by atoms with van der Waals surface area (Å²) in [6.45, 7) is 5.64. The molecule has 6 N–H and O–H groups in total. The Morgan fingerprint density at radius 1 is 0.526 bits per heavy atom. The summed E-state index contributed by atoms with van der Waals surface area (Å²) in [4.78, 5) is 26.5. The largest absolute Gasteiger partial charge is 0.454 e. The van der Waals surface area contributed by atoms with E-state index in [4.69, 9.17) is 14.2 Å². The first-order chi connectivity index (χ1) is 37.2. The summed E-state index contributed by atoms with van der Waals surface area (Å²) in [6, 6.07) is -1.03. The molecule has 438 valence electrons. The van der Waals surface area contributed by atoms with Crippen LogP contribution in [0.15, 0.2) is 85.1 Å². The number of hydrogen-bond donors (Lipinski definition) is 6. The van der Waals surface area contributed by atoms with Gasteiger partial charge in [-0.25, -0.2) is 0 Å². The Labute approximate surface area is 463 Å². The molecule has 8 unspecified atom stereocenters. The number of unbranched alkanes of at least 4 members (excludes halogenated alkanes) is 25. The summed E-state index contributed by atoms with van der Waals surface area (Å²) in [5, 5.41) is 56.9. The molecule has 11 heteroatoms. The quantitative estimate of drug-likeness (QED) is 0.0195. The van der Waals surface area contributed by atoms with Crippen LogP contribution in [0.2, 0.25) is 0 Å². The average Bonchev–Trinajstić information content (AvgIpc) is 3.42. The average molecular weight is 1070 g/mol. The first kappa shape index (κ1) is 70.9. The van der Waals surface area contributed by atoms with E-state index in [1.165, 1.54) is 89.9 Å². The number of ether oxygens (including phenoxy) is 3. The Morgan fingerprint density at radius 2 is 0.947 bits per heavy atom. The molecule has 0 aromatic carbocycles. The number of esters is 1. The fraction of sp³-hybridized carbons (Fsp3) is 0.754. The maximum atomic E-state index is 13.4. The van der Waals surface area contributed by atoms with Crippen molar-refractivity contribution < 1.29 is 49.3 Å². The summed E-state index contributed by atoms with van der Waals surface area (Å²) >= 11 is 0. The van der Waals surface area contributed by atoms with Crippen LogP contribution in [-0.4, -0.2) is 99.6 Å². The third kappa shape index (κ3) is 40.1. The van der Waals surface area contributed by atoms with Crippen molar-refractivity contribution in [3.63, 3.8) is 0 Å². The third-order valence-corrected chi connectivity index (χ3v) is 14.0. The van der Waals surface area contributed by atoms with Gasteiger partial charge in [0.25, 0.3) is 0 Å². The molecule has 0 aromatic rings. The highest BCUT2D eigenvalue weighted by molar-refractivity contribution is 5.80. The number of aliphatic hydroxyl groups excluding tert-OH is 5. The summed E-state index contributed by atoms with van der Waals surface area (Å²) in [6.07, 6.45) is 57.6. The van der Waals surface area contributed by atoms with E-state index in [1.54, 1.807) is 6.08 Å². The zero-order valence-corrected chi connectivity index (χ0v) is 48.3. The monoisotopic (exact) mass is 1070 g/mol. The number of allylic oxidation sites excluding steroid dienone is 13. The van der Waals surface area contributed by atoms with Gasteiger partial charge in [0.15, 0.2) is 12.4 Å². The number of hydrogen-bond acceptors (Lipinski definition) is 10. The first-order valence-electron chi connectivity index (χ1n) is 30.9. The Balaban J connectivity index is 2.69. The van der Waals surface area contributed by atoms with Crippen molar-refractivity contribution in [2.45, 2.75) is 301 Å². The smallest absolute Gasteiger partial charge is 0.306 e. The Hall–Kier alpha value is -3.16. The molecular formula is C65H113NO10. The van der Waals surface area contributed by atoms with Gasteiger partial charge in [0, 0.05) is 6.42 Å². The molecule has 1 rings (SSSR count). The topological polar surface area (TPSA) is 175 Å². The van der Waals surface area contributed by atoms with Gasteiger partial charge in [-0.3, -0.25) is 9.59 Å². The standard InChI is InChI=1S/C65H113NO10/c1-4-7-10-13-16-19-22-25-27-28-29-30-31-32-33-35-38-41-44-47-50-53-60(70)76-63-62(72)61(71)59(54-67)75-65(63)74-55-56(57(68)51-48-45-42-39-36-24-21-18-15-12-9-6-3)66-64(73)58(69)52-49-46-43-40-37-34-26-23-20-17-14-11-8-5-2/h7,10,16,19-20,23,25,27,29-30,32-33,48,51,56-59,61-63,65,67-69,71-72H,4-6,8-9,11-15,17-18,21-22,24,26,28,31,34-47,49-50,52-55H2,1-3H3,(H,66,73)/b10-7-,19-16-,23-20-,27-25-,30-29-,33-32-,51-48+. The van der Waals surface area contributed by atoms with Crippen LogP contribution in [0.1, 0.15) is 252 Å². The highest BCUT2D eigenvalue weighted by Gasteiger charge is 2.47. The Morgan fingerprint density at radius 3 is 1.45 bits per heavy atom. The lowest BCUT2D eigenvalue weighted by molar-refractivity contribution is -0.305. The van der Waals surface area contributed by atoms with Crippen LogP contribution in [0.3, 0.4) is 0 Å². The zero-order valence-electron chi connectivity index (χ0n) is 48.3. The van der Waals surface area contributed by atoms with Crippen LogP contribution in [0, 0.1) is 0 Å². The molecular weight excluding hydrogens is 955 g/mol. The van der Waals surface area contributed by atoms with Crippen LogP contribution in [0.25, 0.3) is 0 Å². The molecule has 1 aliphatic heterocycles. The normalized spacial score (nSPS) is 19.7. The molecule has 0 bridgehead atoms. The molecule has 0 spiro atoms. The number of carbonyl (C=O) groups is 2. The van der Waals surface area contributed by atoms with Crippen molar-refractivity contribution in [3.05, 3.63) is 85.1 Å². The van der Waals surface area contributed by atoms with Gasteiger partial charge in [-0.1, -0.05) is 234 Å². The molecule has 0 aliphatic carbocycles. The molecule has 0 aromatic heterocycles. The van der Waals surface area contributed by atoms with E-state index in [1.807, 2.05) is 6.08 Å². The van der Waals surface area contributed by atoms with Crippen molar-refractivity contribution in [3.8, 4) is 0 Å². The second-order valence-electron chi connectivity index (χ2n) is 21.0. The number of rotatable bonds is 51. The molecule has 1 saturated heterocycles. The van der Waals surface area contributed by atoms with E-state index in [0.29, 0.717) is 12.8 Å². The molecule has 0 saturated carbocycles. The van der Waals surface area contributed by atoms with Crippen LogP contribution < -0.4 is 5.32 Å². The predicted octanol–water partition coefficient (Wildman–Crippen LogP) is 14.6. The number of carbonyl (C=O) groups excluding carboxylic acids is 2. The van der Waals surface area contributed by atoms with Crippen LogP contribution in [0.4, 0.5) is 0 Å². The van der Waals surface area contributed by atoms with Crippen molar-refractivity contribution in [1.82, 2.24) is 5.32 Å². The number of nitrogens with one attached hydrogen (secondary N) is 1. The fourth-order valence-corrected chi connectivity index (χ4v) is 9.14. The van der Waals surface area contributed by atoms with Crippen LogP contribution in [-0.2, 0) is 23.8 Å². The molecule has 1 heterocycles. The van der Waals surface area contributed by atoms with Gasteiger partial charge in [-0.2, -0.15) is 0 Å². The maximum Gasteiger partial charge on any atom is 0.306 e. The molecule has 76 heavy (non-hydrogen) atoms. The van der Waals surface area contributed by atoms with E-state index < -0.39 is 67.4 Å². The van der Waals surface area contributed by atoms with Crippen molar-refractivity contribution >= 4 is 11.9 Å². The van der Waals surface area contributed by atoms with Crippen molar-refractivity contribution in [1.29, 1.82) is 0 Å². The fourth-order valence-electron chi connectivity index (χ4n) is 9.14. The van der Waals surface area contributed by atoms with Crippen molar-refractivity contribution in [2.75, 3.05) is 13.2 Å². The minimum absolute atomic E-state index is 0.0975. The Kier molecular flexibility index (Phi) is 49.0. The van der Waals surface area contributed by atoms with Gasteiger partial charge in [-0.15, -0.1) is 0 Å². The molecule has 1 amide bonds. The lowest BCUT2D eigenvalue weighted by Crippen LogP contribution is -2.61. The zero-order chi connectivity index (χ0) is 55.4. The summed E-state index contributed by atoms with van der Waals surface area (Å²) in [5.41, 5.74) is 0. The highest BCUT2D eigenvalue weighted by Crippen LogP contribution is 2.26. The predicted molar refractivity (Wildman–Crippen MR) is 315 cm³/mol. The molecule has 1 aliphatic rings. The summed E-state index contributed by atoms with van der Waals surface area (Å²) in [5.74, 6) is -1.22. The highest BCUT2D eigenvalue weighted by atomic mass is 16.7. The van der Waals surface area contributed by atoms with Gasteiger partial charge in [0.2, 0.25) is 5.91 Å². The minimum Gasteiger partial charge on any atom is -0.454 e. The lowest BCUT2D eigenvalue weighted by atomic mass is 9.99. The summed E-state index contributed by atoms with van der Waals surface area (Å²) in [7, 11) is 0. The second kappa shape index (κ2) is 52.5. The first-order valence-corrected chi connectivity index (χ1v) is 30.9. The number of aliphatic hydroxyl groups is 5. The van der Waals surface area contributed by atoms with Crippen LogP contribution in [0.5, 0.6) is 0 Å². The third-order valence-electron chi connectivity index (χ3n) is 14.0. The van der Waals surface area contributed by atoms with E-state index >= 15 is 0 Å². The number of amides is 1. The molecule has 11 nitrogen and oxygen atoms in total. The lowest BCUT2D eigenvalue weighted by Gasteiger charge is -2.41. The second-order valence-corrected chi connectivity index (χ2v) is 21.0. The molecule has 1 fully saturated rings. The maximum absolute atomic E-state index is 13.4. The van der Waals surface area contributed by atoms with E-state index in [2.05, 4.69) is 99.0 Å². The van der Waals surface area contributed by atoms with E-state index in [-0.39, 0.29) is 19.4 Å².